The smallest absolute Gasteiger partial charge is 0.255 e. The second kappa shape index (κ2) is 11.4. The van der Waals surface area contributed by atoms with Crippen molar-refractivity contribution in [2.45, 2.75) is 20.8 Å². The number of fused-ring (bicyclic) bond motifs is 2. The lowest BCUT2D eigenvalue weighted by Crippen LogP contribution is -2.11. The summed E-state index contributed by atoms with van der Waals surface area (Å²) in [5, 5.41) is 5.71. The highest BCUT2D eigenvalue weighted by Gasteiger charge is 2.14. The van der Waals surface area contributed by atoms with Crippen molar-refractivity contribution in [3.05, 3.63) is 96.2 Å². The number of hydrogen-bond acceptors (Lipinski definition) is 5. The predicted molar refractivity (Wildman–Crippen MR) is 149 cm³/mol. The van der Waals surface area contributed by atoms with Crippen molar-refractivity contribution in [3.8, 4) is 23.0 Å². The average Bonchev–Trinajstić information content (AvgIpc) is 2.95. The van der Waals surface area contributed by atoms with Crippen LogP contribution in [0.25, 0.3) is 21.7 Å². The van der Waals surface area contributed by atoms with Gasteiger partial charge in [0, 0.05) is 28.9 Å². The van der Waals surface area contributed by atoms with Gasteiger partial charge in [0.1, 0.15) is 11.5 Å². The Morgan fingerprint density at radius 3 is 2.22 bits per heavy atom. The maximum atomic E-state index is 12.7. The fourth-order valence-corrected chi connectivity index (χ4v) is 4.10. The molecule has 0 saturated carbocycles. The van der Waals surface area contributed by atoms with E-state index >= 15 is 0 Å². The van der Waals surface area contributed by atoms with E-state index in [4.69, 9.17) is 14.2 Å². The van der Waals surface area contributed by atoms with Crippen LogP contribution in [-0.2, 0) is 0 Å². The summed E-state index contributed by atoms with van der Waals surface area (Å²) in [4.78, 5) is 17.2. The van der Waals surface area contributed by atoms with Crippen LogP contribution in [0.15, 0.2) is 85.1 Å². The van der Waals surface area contributed by atoms with Crippen LogP contribution in [0.3, 0.4) is 0 Å². The molecule has 5 rings (SSSR count). The Hall–Kier alpha value is -4.58. The number of nitrogens with zero attached hydrogens (tertiary/aromatic N) is 1. The van der Waals surface area contributed by atoms with E-state index in [0.717, 1.165) is 38.7 Å². The number of carbonyl (C=O) groups is 1. The van der Waals surface area contributed by atoms with Crippen molar-refractivity contribution in [3.63, 3.8) is 0 Å². The van der Waals surface area contributed by atoms with E-state index in [2.05, 4.69) is 10.3 Å². The lowest BCUT2D eigenvalue weighted by Gasteiger charge is -2.15. The van der Waals surface area contributed by atoms with Gasteiger partial charge >= 0.3 is 0 Å². The van der Waals surface area contributed by atoms with Gasteiger partial charge in [0.15, 0.2) is 11.5 Å². The predicted octanol–water partition coefficient (Wildman–Crippen LogP) is 7.78. The molecule has 4 aromatic carbocycles. The van der Waals surface area contributed by atoms with Crippen LogP contribution in [0.5, 0.6) is 23.0 Å². The Morgan fingerprint density at radius 1 is 0.757 bits per heavy atom. The van der Waals surface area contributed by atoms with Gasteiger partial charge in [-0.15, -0.1) is 0 Å². The number of ether oxygens (including phenoxy) is 3. The Kier molecular flexibility index (Phi) is 7.89. The molecule has 0 radical (unpaired) electrons. The van der Waals surface area contributed by atoms with Crippen LogP contribution in [0.2, 0.25) is 0 Å². The lowest BCUT2D eigenvalue weighted by molar-refractivity contribution is 0.102. The number of amides is 1. The molecule has 0 unspecified atom stereocenters. The summed E-state index contributed by atoms with van der Waals surface area (Å²) in [6, 6.07) is 24.5. The molecule has 0 fully saturated rings. The molecule has 1 heterocycles. The first-order chi connectivity index (χ1) is 18.1. The van der Waals surface area contributed by atoms with E-state index in [1.54, 1.807) is 20.4 Å². The number of hydrogen-bond donors (Lipinski definition) is 1. The molecule has 5 aromatic rings. The zero-order chi connectivity index (χ0) is 26.4. The number of aryl methyl sites for hydroxylation is 1. The summed E-state index contributed by atoms with van der Waals surface area (Å²) in [6.07, 6.45) is 1.71. The fourth-order valence-electron chi connectivity index (χ4n) is 4.10. The monoisotopic (exact) mass is 494 g/mol. The van der Waals surface area contributed by atoms with Crippen molar-refractivity contribution < 1.29 is 19.0 Å². The molecule has 1 amide bonds. The van der Waals surface area contributed by atoms with Crippen molar-refractivity contribution in [1.29, 1.82) is 0 Å². The quantitative estimate of drug-likeness (QED) is 0.261. The van der Waals surface area contributed by atoms with E-state index in [-0.39, 0.29) is 5.91 Å². The van der Waals surface area contributed by atoms with Crippen LogP contribution in [0, 0.1) is 6.92 Å². The number of aromatic nitrogens is 1. The highest BCUT2D eigenvalue weighted by Crippen LogP contribution is 2.38. The van der Waals surface area contributed by atoms with Gasteiger partial charge < -0.3 is 19.5 Å². The van der Waals surface area contributed by atoms with Gasteiger partial charge in [-0.25, -0.2) is 0 Å². The largest absolute Gasteiger partial charge is 0.493 e. The first kappa shape index (κ1) is 25.5. The van der Waals surface area contributed by atoms with Gasteiger partial charge in [0.2, 0.25) is 0 Å². The number of anilines is 1. The standard InChI is InChI=1S/C29H24N2O4.C2H6/c1-18-22-11-9-20(29(32)31-21-7-5-4-6-8-21)15-19(22)10-12-25(18)35-26-13-14-30-24-17-28(34-3)27(33-2)16-23(24)26;1-2/h4-17H,1-3H3,(H,31,32);1-2H3. The Morgan fingerprint density at radius 2 is 1.49 bits per heavy atom. The van der Waals surface area contributed by atoms with Crippen LogP contribution in [-0.4, -0.2) is 25.1 Å². The maximum Gasteiger partial charge on any atom is 0.255 e. The van der Waals surface area contributed by atoms with Crippen LogP contribution in [0.4, 0.5) is 5.69 Å². The molecule has 1 aromatic heterocycles. The van der Waals surface area contributed by atoms with E-state index < -0.39 is 0 Å². The zero-order valence-corrected chi connectivity index (χ0v) is 21.7. The molecule has 0 atom stereocenters. The Labute approximate surface area is 216 Å². The fraction of sp³-hybridized carbons (Fsp3) is 0.161. The lowest BCUT2D eigenvalue weighted by atomic mass is 10.0. The van der Waals surface area contributed by atoms with Gasteiger partial charge in [-0.05, 0) is 65.7 Å². The number of rotatable bonds is 6. The molecule has 0 aliphatic carbocycles. The van der Waals surface area contributed by atoms with Crippen molar-refractivity contribution >= 4 is 33.3 Å². The second-order valence-electron chi connectivity index (χ2n) is 8.08. The summed E-state index contributed by atoms with van der Waals surface area (Å²) in [5.74, 6) is 2.45. The van der Waals surface area contributed by atoms with Gasteiger partial charge in [0.25, 0.3) is 5.91 Å². The minimum absolute atomic E-state index is 0.149. The Balaban J connectivity index is 0.00000156. The molecule has 0 aliphatic rings. The van der Waals surface area contributed by atoms with E-state index in [1.165, 1.54) is 0 Å². The van der Waals surface area contributed by atoms with E-state index in [9.17, 15) is 4.79 Å². The summed E-state index contributed by atoms with van der Waals surface area (Å²) in [5.41, 5.74) is 3.07. The highest BCUT2D eigenvalue weighted by atomic mass is 16.5. The number of methoxy groups -OCH3 is 2. The SMILES string of the molecule is CC.COc1cc2nccc(Oc3ccc4cc(C(=O)Nc5ccccc5)ccc4c3C)c2cc1OC. The third-order valence-corrected chi connectivity index (χ3v) is 5.96. The van der Waals surface area contributed by atoms with Crippen molar-refractivity contribution in [2.24, 2.45) is 0 Å². The minimum atomic E-state index is -0.149. The minimum Gasteiger partial charge on any atom is -0.493 e. The summed E-state index contributed by atoms with van der Waals surface area (Å²) in [6.45, 7) is 6.01. The summed E-state index contributed by atoms with van der Waals surface area (Å²) in [7, 11) is 3.20. The molecule has 6 heteroatoms. The van der Waals surface area contributed by atoms with Crippen molar-refractivity contribution in [1.82, 2.24) is 4.98 Å². The van der Waals surface area contributed by atoms with Gasteiger partial charge in [0.05, 0.1) is 19.7 Å². The number of pyridine rings is 1. The van der Waals surface area contributed by atoms with Gasteiger partial charge in [-0.2, -0.15) is 0 Å². The average molecular weight is 495 g/mol. The summed E-state index contributed by atoms with van der Waals surface area (Å²) < 4.78 is 17.2. The van der Waals surface area contributed by atoms with Crippen LogP contribution < -0.4 is 19.5 Å². The van der Waals surface area contributed by atoms with Gasteiger partial charge in [-0.3, -0.25) is 9.78 Å². The Bertz CT molecular complexity index is 1550. The summed E-state index contributed by atoms with van der Waals surface area (Å²) >= 11 is 0. The molecule has 6 nitrogen and oxygen atoms in total. The molecule has 0 aliphatic heterocycles. The highest BCUT2D eigenvalue weighted by molar-refractivity contribution is 6.06. The number of benzene rings is 4. The number of para-hydroxylation sites is 1. The molecule has 37 heavy (non-hydrogen) atoms. The molecule has 1 N–H and O–H groups in total. The topological polar surface area (TPSA) is 69.7 Å². The van der Waals surface area contributed by atoms with E-state index in [0.29, 0.717) is 22.8 Å². The number of carbonyl (C=O) groups excluding carboxylic acids is 1. The molecule has 188 valence electrons. The second-order valence-corrected chi connectivity index (χ2v) is 8.08. The van der Waals surface area contributed by atoms with Crippen LogP contribution >= 0.6 is 0 Å². The van der Waals surface area contributed by atoms with Gasteiger partial charge in [-0.1, -0.05) is 44.2 Å². The van der Waals surface area contributed by atoms with Crippen molar-refractivity contribution in [2.75, 3.05) is 19.5 Å². The normalized spacial score (nSPS) is 10.4. The first-order valence-electron chi connectivity index (χ1n) is 12.2. The molecule has 0 spiro atoms. The molecule has 0 saturated heterocycles. The molecular weight excluding hydrogens is 464 g/mol. The zero-order valence-electron chi connectivity index (χ0n) is 21.7. The third kappa shape index (κ3) is 5.33. The maximum absolute atomic E-state index is 12.7. The molecule has 0 bridgehead atoms. The third-order valence-electron chi connectivity index (χ3n) is 5.96. The number of nitrogens with one attached hydrogen (secondary N) is 1. The van der Waals surface area contributed by atoms with E-state index in [1.807, 2.05) is 99.6 Å². The van der Waals surface area contributed by atoms with Crippen LogP contribution in [0.1, 0.15) is 29.8 Å². The molecular formula is C31H30N2O4. The first-order valence-corrected chi connectivity index (χ1v) is 12.2.